The summed E-state index contributed by atoms with van der Waals surface area (Å²) in [6.07, 6.45) is -2.49. The van der Waals surface area contributed by atoms with Gasteiger partial charge >= 0.3 is 6.18 Å². The molecule has 24 heavy (non-hydrogen) atoms. The summed E-state index contributed by atoms with van der Waals surface area (Å²) in [5, 5.41) is 5.47. The average Bonchev–Trinajstić information content (AvgIpc) is 2.55. The average molecular weight is 342 g/mol. The van der Waals surface area contributed by atoms with Gasteiger partial charge in [0.25, 0.3) is 0 Å². The summed E-state index contributed by atoms with van der Waals surface area (Å²) in [6.45, 7) is 3.75. The zero-order chi connectivity index (χ0) is 17.6. The van der Waals surface area contributed by atoms with E-state index in [0.29, 0.717) is 11.5 Å². The number of hydrogen-bond acceptors (Lipinski definition) is 2. The standard InChI is InChI=1S/C18H25F3N2O/c1-13(15-8-5-9-22-12-15)10-17(24)23-16(18(19,20)21)11-14-6-3-2-4-7-14/h2-4,6-7,13,15-16,22H,5,8-12H2,1H3,(H,23,24). The zero-order valence-electron chi connectivity index (χ0n) is 13.9. The number of carbonyl (C=O) groups excluding carboxylic acids is 1. The fourth-order valence-electron chi connectivity index (χ4n) is 3.18. The van der Waals surface area contributed by atoms with Crippen LogP contribution in [0.25, 0.3) is 0 Å². The summed E-state index contributed by atoms with van der Waals surface area (Å²) in [6, 6.07) is 6.59. The van der Waals surface area contributed by atoms with Crippen molar-refractivity contribution in [2.24, 2.45) is 11.8 Å². The lowest BCUT2D eigenvalue weighted by Crippen LogP contribution is -2.47. The summed E-state index contributed by atoms with van der Waals surface area (Å²) >= 11 is 0. The van der Waals surface area contributed by atoms with Gasteiger partial charge in [-0.3, -0.25) is 4.79 Å². The van der Waals surface area contributed by atoms with E-state index in [2.05, 4.69) is 10.6 Å². The molecule has 2 N–H and O–H groups in total. The summed E-state index contributed by atoms with van der Waals surface area (Å²) in [4.78, 5) is 12.1. The maximum Gasteiger partial charge on any atom is 0.408 e. The number of rotatable bonds is 6. The van der Waals surface area contributed by atoms with E-state index < -0.39 is 18.1 Å². The van der Waals surface area contributed by atoms with Gasteiger partial charge in [0.1, 0.15) is 6.04 Å². The molecule has 1 aromatic carbocycles. The molecule has 1 aliphatic heterocycles. The number of hydrogen-bond donors (Lipinski definition) is 2. The Morgan fingerprint density at radius 1 is 1.33 bits per heavy atom. The maximum atomic E-state index is 13.2. The first-order valence-corrected chi connectivity index (χ1v) is 8.47. The van der Waals surface area contributed by atoms with Gasteiger partial charge in [0, 0.05) is 12.8 Å². The van der Waals surface area contributed by atoms with Gasteiger partial charge in [-0.1, -0.05) is 37.3 Å². The van der Waals surface area contributed by atoms with Crippen LogP contribution < -0.4 is 10.6 Å². The fourth-order valence-corrected chi connectivity index (χ4v) is 3.18. The van der Waals surface area contributed by atoms with Gasteiger partial charge in [0.15, 0.2) is 0 Å². The normalized spacial score (nSPS) is 21.1. The molecule has 1 saturated heterocycles. The van der Waals surface area contributed by atoms with Gasteiger partial charge in [-0.25, -0.2) is 0 Å². The molecule has 0 aliphatic carbocycles. The first-order valence-electron chi connectivity index (χ1n) is 8.47. The Morgan fingerprint density at radius 2 is 2.04 bits per heavy atom. The minimum Gasteiger partial charge on any atom is -0.344 e. The van der Waals surface area contributed by atoms with Crippen LogP contribution in [-0.2, 0) is 11.2 Å². The van der Waals surface area contributed by atoms with Crippen LogP contribution in [0.1, 0.15) is 31.7 Å². The van der Waals surface area contributed by atoms with Crippen molar-refractivity contribution in [2.75, 3.05) is 13.1 Å². The Hall–Kier alpha value is -1.56. The molecule has 1 heterocycles. The number of alkyl halides is 3. The molecule has 2 rings (SSSR count). The molecule has 134 valence electrons. The molecule has 6 heteroatoms. The van der Waals surface area contributed by atoms with Gasteiger partial charge in [-0.2, -0.15) is 13.2 Å². The van der Waals surface area contributed by atoms with Crippen molar-refractivity contribution in [3.63, 3.8) is 0 Å². The number of carbonyl (C=O) groups is 1. The number of amides is 1. The van der Waals surface area contributed by atoms with E-state index in [0.717, 1.165) is 25.9 Å². The summed E-state index contributed by atoms with van der Waals surface area (Å²) in [5.74, 6) is -0.0994. The largest absolute Gasteiger partial charge is 0.408 e. The van der Waals surface area contributed by atoms with E-state index >= 15 is 0 Å². The molecule has 1 aromatic rings. The Kier molecular flexibility index (Phi) is 6.66. The van der Waals surface area contributed by atoms with Crippen molar-refractivity contribution in [1.29, 1.82) is 0 Å². The van der Waals surface area contributed by atoms with Crippen LogP contribution in [0, 0.1) is 11.8 Å². The van der Waals surface area contributed by atoms with Crippen molar-refractivity contribution in [2.45, 2.75) is 44.8 Å². The first kappa shape index (κ1) is 18.8. The Labute approximate surface area is 141 Å². The molecule has 1 fully saturated rings. The smallest absolute Gasteiger partial charge is 0.344 e. The van der Waals surface area contributed by atoms with Crippen LogP contribution in [0.2, 0.25) is 0 Å². The first-order chi connectivity index (χ1) is 11.4. The van der Waals surface area contributed by atoms with Gasteiger partial charge in [0.05, 0.1) is 0 Å². The van der Waals surface area contributed by atoms with Gasteiger partial charge < -0.3 is 10.6 Å². The van der Waals surface area contributed by atoms with Crippen molar-refractivity contribution >= 4 is 5.91 Å². The lowest BCUT2D eigenvalue weighted by atomic mass is 9.85. The Bertz CT molecular complexity index is 513. The molecule has 3 atom stereocenters. The van der Waals surface area contributed by atoms with E-state index in [9.17, 15) is 18.0 Å². The Morgan fingerprint density at radius 3 is 2.62 bits per heavy atom. The minimum atomic E-state index is -4.46. The van der Waals surface area contributed by atoms with E-state index in [4.69, 9.17) is 0 Å². The maximum absolute atomic E-state index is 13.2. The van der Waals surface area contributed by atoms with Crippen LogP contribution in [0.3, 0.4) is 0 Å². The number of piperidine rings is 1. The van der Waals surface area contributed by atoms with Crippen LogP contribution in [-0.4, -0.2) is 31.2 Å². The molecule has 1 amide bonds. The number of halogens is 3. The minimum absolute atomic E-state index is 0.0726. The molecule has 3 nitrogen and oxygen atoms in total. The monoisotopic (exact) mass is 342 g/mol. The molecular weight excluding hydrogens is 317 g/mol. The van der Waals surface area contributed by atoms with E-state index in [-0.39, 0.29) is 18.8 Å². The second-order valence-electron chi connectivity index (χ2n) is 6.64. The predicted molar refractivity (Wildman–Crippen MR) is 87.5 cm³/mol. The van der Waals surface area contributed by atoms with Gasteiger partial charge in [-0.05, 0) is 43.3 Å². The van der Waals surface area contributed by atoms with E-state index in [1.807, 2.05) is 6.92 Å². The lowest BCUT2D eigenvalue weighted by Gasteiger charge is -2.29. The zero-order valence-corrected chi connectivity index (χ0v) is 13.9. The molecule has 0 bridgehead atoms. The van der Waals surface area contributed by atoms with Crippen molar-refractivity contribution in [3.05, 3.63) is 35.9 Å². The van der Waals surface area contributed by atoms with Crippen LogP contribution in [0.4, 0.5) is 13.2 Å². The molecule has 0 radical (unpaired) electrons. The quantitative estimate of drug-likeness (QED) is 0.833. The molecule has 3 unspecified atom stereocenters. The van der Waals surface area contributed by atoms with Crippen LogP contribution in [0.15, 0.2) is 30.3 Å². The highest BCUT2D eigenvalue weighted by molar-refractivity contribution is 5.76. The van der Waals surface area contributed by atoms with Crippen LogP contribution in [0.5, 0.6) is 0 Å². The van der Waals surface area contributed by atoms with E-state index in [1.54, 1.807) is 30.3 Å². The second-order valence-corrected chi connectivity index (χ2v) is 6.64. The highest BCUT2D eigenvalue weighted by Gasteiger charge is 2.40. The number of nitrogens with one attached hydrogen (secondary N) is 2. The van der Waals surface area contributed by atoms with Crippen molar-refractivity contribution in [3.8, 4) is 0 Å². The Balaban J connectivity index is 1.92. The number of benzene rings is 1. The highest BCUT2D eigenvalue weighted by Crippen LogP contribution is 2.25. The SMILES string of the molecule is CC(CC(=O)NC(Cc1ccccc1)C(F)(F)F)C1CCCNC1. The second kappa shape index (κ2) is 8.51. The third-order valence-electron chi connectivity index (χ3n) is 4.66. The van der Waals surface area contributed by atoms with Crippen molar-refractivity contribution in [1.82, 2.24) is 10.6 Å². The third kappa shape index (κ3) is 5.82. The van der Waals surface area contributed by atoms with E-state index in [1.165, 1.54) is 0 Å². The molecule has 0 aromatic heterocycles. The van der Waals surface area contributed by atoms with Gasteiger partial charge in [0.2, 0.25) is 5.91 Å². The molecule has 0 saturated carbocycles. The van der Waals surface area contributed by atoms with Crippen molar-refractivity contribution < 1.29 is 18.0 Å². The van der Waals surface area contributed by atoms with Crippen LogP contribution >= 0.6 is 0 Å². The molecule has 0 spiro atoms. The summed E-state index contributed by atoms with van der Waals surface area (Å²) in [7, 11) is 0. The predicted octanol–water partition coefficient (Wildman–Crippen LogP) is 3.30. The summed E-state index contributed by atoms with van der Waals surface area (Å²) < 4.78 is 39.7. The summed E-state index contributed by atoms with van der Waals surface area (Å²) in [5.41, 5.74) is 0.560. The van der Waals surface area contributed by atoms with Gasteiger partial charge in [-0.15, -0.1) is 0 Å². The fraction of sp³-hybridized carbons (Fsp3) is 0.611. The third-order valence-corrected chi connectivity index (χ3v) is 4.66. The highest BCUT2D eigenvalue weighted by atomic mass is 19.4. The molecular formula is C18H25F3N2O. The lowest BCUT2D eigenvalue weighted by molar-refractivity contribution is -0.161. The molecule has 1 aliphatic rings. The topological polar surface area (TPSA) is 41.1 Å².